The molecule has 2 aliphatic heterocycles. The number of anilines is 1. The van der Waals surface area contributed by atoms with E-state index in [0.717, 1.165) is 30.6 Å². The monoisotopic (exact) mass is 376 g/mol. The third-order valence-electron chi connectivity index (χ3n) is 6.93. The third-order valence-corrected chi connectivity index (χ3v) is 6.93. The molecule has 5 nitrogen and oxygen atoms in total. The molecule has 0 saturated heterocycles. The lowest BCUT2D eigenvalue weighted by atomic mass is 9.66. The van der Waals surface area contributed by atoms with Gasteiger partial charge in [-0.1, -0.05) is 31.0 Å². The molecule has 0 N–H and O–H groups in total. The second-order valence-electron chi connectivity index (χ2n) is 8.36. The first kappa shape index (κ1) is 17.3. The number of benzene rings is 2. The summed E-state index contributed by atoms with van der Waals surface area (Å²) in [6.45, 7) is 2.32. The van der Waals surface area contributed by atoms with E-state index in [-0.39, 0.29) is 16.0 Å². The Bertz CT molecular complexity index is 1010. The van der Waals surface area contributed by atoms with Gasteiger partial charge in [-0.25, -0.2) is 0 Å². The normalized spacial score (nSPS) is 27.9. The minimum absolute atomic E-state index is 0.104. The number of nitro groups is 1. The molecule has 2 atom stereocenters. The number of fused-ring (bicyclic) bond motifs is 3. The number of nitro benzene ring substituents is 1. The molecule has 3 aliphatic rings. The number of nitrogens with zero attached hydrogens (tertiary/aromatic N) is 2. The quantitative estimate of drug-likeness (QED) is 0.491. The van der Waals surface area contributed by atoms with E-state index >= 15 is 0 Å². The van der Waals surface area contributed by atoms with E-state index in [0.29, 0.717) is 0 Å². The molecule has 0 radical (unpaired) electrons. The number of rotatable bonds is 1. The third kappa shape index (κ3) is 2.07. The summed E-state index contributed by atoms with van der Waals surface area (Å²) in [5.74, 6) is 0.723. The molecule has 5 heteroatoms. The van der Waals surface area contributed by atoms with Gasteiger partial charge in [-0.05, 0) is 55.5 Å². The Labute approximate surface area is 164 Å². The molecule has 0 bridgehead atoms. The van der Waals surface area contributed by atoms with Gasteiger partial charge in [0.05, 0.1) is 10.3 Å². The van der Waals surface area contributed by atoms with Crippen LogP contribution in [0, 0.1) is 10.1 Å². The van der Waals surface area contributed by atoms with Gasteiger partial charge in [-0.3, -0.25) is 10.1 Å². The summed E-state index contributed by atoms with van der Waals surface area (Å²) >= 11 is 0. The highest BCUT2D eigenvalue weighted by Gasteiger charge is 2.63. The van der Waals surface area contributed by atoms with Crippen molar-refractivity contribution in [2.24, 2.45) is 0 Å². The van der Waals surface area contributed by atoms with Gasteiger partial charge in [0.25, 0.3) is 5.69 Å². The molecule has 0 amide bonds. The molecule has 28 heavy (non-hydrogen) atoms. The number of non-ortho nitro benzene ring substituents is 1. The fourth-order valence-electron chi connectivity index (χ4n) is 5.59. The first-order valence-electron chi connectivity index (χ1n) is 9.99. The summed E-state index contributed by atoms with van der Waals surface area (Å²) in [4.78, 5) is 13.2. The van der Waals surface area contributed by atoms with Crippen LogP contribution in [0.4, 0.5) is 11.4 Å². The van der Waals surface area contributed by atoms with Crippen molar-refractivity contribution in [3.05, 3.63) is 69.3 Å². The average Bonchev–Trinajstić information content (AvgIpc) is 2.86. The van der Waals surface area contributed by atoms with Crippen LogP contribution >= 0.6 is 0 Å². The number of hydrogen-bond acceptors (Lipinski definition) is 4. The number of ether oxygens (including phenoxy) is 1. The molecule has 1 spiro atoms. The molecule has 1 aliphatic carbocycles. The van der Waals surface area contributed by atoms with Gasteiger partial charge in [0, 0.05) is 30.4 Å². The van der Waals surface area contributed by atoms with E-state index in [9.17, 15) is 10.1 Å². The van der Waals surface area contributed by atoms with Crippen LogP contribution in [0.1, 0.15) is 50.2 Å². The molecule has 144 valence electrons. The van der Waals surface area contributed by atoms with E-state index in [1.165, 1.54) is 35.7 Å². The minimum Gasteiger partial charge on any atom is -0.462 e. The second-order valence-corrected chi connectivity index (χ2v) is 8.36. The van der Waals surface area contributed by atoms with Crippen LogP contribution in [0.3, 0.4) is 0 Å². The average molecular weight is 376 g/mol. The zero-order valence-electron chi connectivity index (χ0n) is 16.3. The Morgan fingerprint density at radius 2 is 1.96 bits per heavy atom. The van der Waals surface area contributed by atoms with E-state index in [4.69, 9.17) is 4.74 Å². The number of hydrogen-bond donors (Lipinski definition) is 0. The second kappa shape index (κ2) is 5.84. The predicted octanol–water partition coefficient (Wildman–Crippen LogP) is 5.44. The molecular formula is C23H24N2O3. The van der Waals surface area contributed by atoms with Crippen LogP contribution in [0.25, 0.3) is 6.08 Å². The van der Waals surface area contributed by atoms with Crippen molar-refractivity contribution >= 4 is 17.5 Å². The van der Waals surface area contributed by atoms with Gasteiger partial charge in [-0.2, -0.15) is 0 Å². The Morgan fingerprint density at radius 1 is 1.14 bits per heavy atom. The van der Waals surface area contributed by atoms with E-state index in [1.54, 1.807) is 12.1 Å². The summed E-state index contributed by atoms with van der Waals surface area (Å²) in [6, 6.07) is 13.5. The van der Waals surface area contributed by atoms with Gasteiger partial charge in [0.1, 0.15) is 5.75 Å². The lowest BCUT2D eigenvalue weighted by molar-refractivity contribution is -0.384. The number of para-hydroxylation sites is 1. The zero-order chi connectivity index (χ0) is 19.5. The molecule has 2 aromatic rings. The largest absolute Gasteiger partial charge is 0.462 e. The summed E-state index contributed by atoms with van der Waals surface area (Å²) in [5.41, 5.74) is 3.92. The van der Waals surface area contributed by atoms with Crippen molar-refractivity contribution in [2.45, 2.75) is 50.2 Å². The van der Waals surface area contributed by atoms with Crippen LogP contribution in [0.15, 0.2) is 48.0 Å². The molecule has 2 heterocycles. The minimum atomic E-state index is -0.583. The molecular weight excluding hydrogens is 352 g/mol. The van der Waals surface area contributed by atoms with Crippen molar-refractivity contribution in [3.8, 4) is 5.75 Å². The standard InChI is InChI=1S/C23H24N2O3/c1-22-13-7-3-4-8-17-14-16-15-18(25(26)27)11-12-21(16)28-23(17,22)24(2)20-10-6-5-9-19(20)22/h5-6,9-12,14-15H,3-4,7-8,13H2,1-2H3. The van der Waals surface area contributed by atoms with Crippen LogP contribution < -0.4 is 9.64 Å². The van der Waals surface area contributed by atoms with Gasteiger partial charge in [-0.15, -0.1) is 0 Å². The van der Waals surface area contributed by atoms with Gasteiger partial charge in [0.15, 0.2) is 0 Å². The van der Waals surface area contributed by atoms with Crippen molar-refractivity contribution in [1.29, 1.82) is 0 Å². The van der Waals surface area contributed by atoms with E-state index in [1.807, 2.05) is 0 Å². The van der Waals surface area contributed by atoms with Gasteiger partial charge >= 0.3 is 0 Å². The lowest BCUT2D eigenvalue weighted by Gasteiger charge is -2.51. The van der Waals surface area contributed by atoms with Crippen molar-refractivity contribution in [2.75, 3.05) is 11.9 Å². The smallest absolute Gasteiger partial charge is 0.270 e. The fourth-order valence-corrected chi connectivity index (χ4v) is 5.59. The summed E-state index contributed by atoms with van der Waals surface area (Å²) in [6.07, 6.45) is 7.62. The summed E-state index contributed by atoms with van der Waals surface area (Å²) in [7, 11) is 2.12. The maximum absolute atomic E-state index is 11.2. The zero-order valence-corrected chi connectivity index (χ0v) is 16.3. The van der Waals surface area contributed by atoms with Crippen molar-refractivity contribution < 1.29 is 9.66 Å². The molecule has 1 fully saturated rings. The van der Waals surface area contributed by atoms with Crippen LogP contribution in [0.5, 0.6) is 5.75 Å². The number of likely N-dealkylation sites (N-methyl/N-ethyl adjacent to an activating group) is 1. The Kier molecular flexibility index (Phi) is 3.60. The maximum Gasteiger partial charge on any atom is 0.270 e. The van der Waals surface area contributed by atoms with Gasteiger partial charge in [0.2, 0.25) is 5.72 Å². The molecule has 2 unspecified atom stereocenters. The molecule has 5 rings (SSSR count). The highest BCUT2D eigenvalue weighted by molar-refractivity contribution is 5.75. The predicted molar refractivity (Wildman–Crippen MR) is 110 cm³/mol. The Morgan fingerprint density at radius 3 is 2.79 bits per heavy atom. The molecule has 2 aromatic carbocycles. The van der Waals surface area contributed by atoms with Crippen molar-refractivity contribution in [1.82, 2.24) is 0 Å². The van der Waals surface area contributed by atoms with E-state index < -0.39 is 5.72 Å². The van der Waals surface area contributed by atoms with E-state index in [2.05, 4.69) is 49.2 Å². The SMILES string of the molecule is CN1c2ccccc2C2(C)CCCCCC3=Cc4cc([N+](=O)[O-])ccc4OC312. The topological polar surface area (TPSA) is 55.6 Å². The van der Waals surface area contributed by atoms with Crippen molar-refractivity contribution in [3.63, 3.8) is 0 Å². The Hall–Kier alpha value is -2.82. The lowest BCUT2D eigenvalue weighted by Crippen LogP contribution is -2.62. The highest BCUT2D eigenvalue weighted by atomic mass is 16.6. The fraction of sp³-hybridized carbons (Fsp3) is 0.391. The van der Waals surface area contributed by atoms with Crippen LogP contribution in [0.2, 0.25) is 0 Å². The molecule has 1 saturated carbocycles. The van der Waals surface area contributed by atoms with Gasteiger partial charge < -0.3 is 9.64 Å². The first-order chi connectivity index (χ1) is 13.5. The Balaban J connectivity index is 1.75. The van der Waals surface area contributed by atoms with Crippen LogP contribution in [-0.4, -0.2) is 17.7 Å². The molecule has 0 aromatic heterocycles. The first-order valence-corrected chi connectivity index (χ1v) is 9.99. The summed E-state index contributed by atoms with van der Waals surface area (Å²) < 4.78 is 6.85. The van der Waals surface area contributed by atoms with Crippen LogP contribution in [-0.2, 0) is 5.41 Å². The summed E-state index contributed by atoms with van der Waals surface area (Å²) in [5, 5.41) is 11.2. The maximum atomic E-state index is 11.2. The highest BCUT2D eigenvalue weighted by Crippen LogP contribution is 2.60.